The van der Waals surface area contributed by atoms with Gasteiger partial charge in [-0.1, -0.05) is 22.0 Å². The van der Waals surface area contributed by atoms with Crippen molar-refractivity contribution < 1.29 is 21.0 Å². The van der Waals surface area contributed by atoms with Crippen molar-refractivity contribution >= 4 is 36.1 Å². The molecule has 0 unspecified atom stereocenters. The number of halogens is 1. The van der Waals surface area contributed by atoms with Gasteiger partial charge in [0.05, 0.1) is 4.90 Å². The van der Waals surface area contributed by atoms with Gasteiger partial charge in [-0.2, -0.15) is 8.42 Å². The van der Waals surface area contributed by atoms with Crippen molar-refractivity contribution in [3.8, 4) is 5.75 Å². The summed E-state index contributed by atoms with van der Waals surface area (Å²) in [4.78, 5) is -0.126. The van der Waals surface area contributed by atoms with Crippen LogP contribution in [0, 0.1) is 0 Å². The predicted molar refractivity (Wildman–Crippen MR) is 89.3 cm³/mol. The van der Waals surface area contributed by atoms with Crippen molar-refractivity contribution in [2.75, 3.05) is 14.1 Å². The van der Waals surface area contributed by atoms with Gasteiger partial charge in [0.2, 0.25) is 10.0 Å². The van der Waals surface area contributed by atoms with E-state index < -0.39 is 20.1 Å². The van der Waals surface area contributed by atoms with Crippen LogP contribution in [0.4, 0.5) is 0 Å². The molecule has 0 amide bonds. The second-order valence-corrected chi connectivity index (χ2v) is 9.37. The average molecular weight is 420 g/mol. The molecule has 0 aliphatic heterocycles. The smallest absolute Gasteiger partial charge is 0.339 e. The molecule has 0 bridgehead atoms. The Labute approximate surface area is 144 Å². The monoisotopic (exact) mass is 419 g/mol. The highest BCUT2D eigenvalue weighted by molar-refractivity contribution is 9.10. The zero-order chi connectivity index (χ0) is 17.3. The van der Waals surface area contributed by atoms with Gasteiger partial charge in [-0.05, 0) is 42.5 Å². The van der Waals surface area contributed by atoms with Crippen molar-refractivity contribution in [3.63, 3.8) is 0 Å². The van der Waals surface area contributed by atoms with E-state index in [2.05, 4.69) is 15.9 Å². The molecule has 6 nitrogen and oxygen atoms in total. The van der Waals surface area contributed by atoms with Crippen LogP contribution in [-0.4, -0.2) is 35.2 Å². The fourth-order valence-corrected chi connectivity index (χ4v) is 3.89. The lowest BCUT2D eigenvalue weighted by Gasteiger charge is -2.12. The molecule has 0 heterocycles. The summed E-state index contributed by atoms with van der Waals surface area (Å²) in [5.74, 6) is 0.157. The Balaban J connectivity index is 2.31. The molecule has 2 aromatic carbocycles. The van der Waals surface area contributed by atoms with Crippen molar-refractivity contribution in [1.29, 1.82) is 0 Å². The summed E-state index contributed by atoms with van der Waals surface area (Å²) in [7, 11) is -4.86. The van der Waals surface area contributed by atoms with E-state index >= 15 is 0 Å². The van der Waals surface area contributed by atoms with Crippen LogP contribution >= 0.6 is 15.9 Å². The molecule has 0 aromatic heterocycles. The Kier molecular flexibility index (Phi) is 5.14. The molecule has 2 rings (SSSR count). The lowest BCUT2D eigenvalue weighted by molar-refractivity contribution is 0.485. The van der Waals surface area contributed by atoms with Gasteiger partial charge in [0.1, 0.15) is 10.6 Å². The lowest BCUT2D eigenvalue weighted by Crippen LogP contribution is -2.22. The average Bonchev–Trinajstić information content (AvgIpc) is 2.46. The molecule has 9 heteroatoms. The molecule has 124 valence electrons. The van der Waals surface area contributed by atoms with E-state index in [-0.39, 0.29) is 15.5 Å². The summed E-state index contributed by atoms with van der Waals surface area (Å²) in [5.41, 5.74) is 0. The van der Waals surface area contributed by atoms with Crippen molar-refractivity contribution in [2.45, 2.75) is 9.79 Å². The van der Waals surface area contributed by atoms with E-state index in [1.54, 1.807) is 12.1 Å². The topological polar surface area (TPSA) is 80.8 Å². The first-order valence-electron chi connectivity index (χ1n) is 6.35. The van der Waals surface area contributed by atoms with Crippen LogP contribution in [0.2, 0.25) is 0 Å². The fourth-order valence-electron chi connectivity index (χ4n) is 1.68. The zero-order valence-electron chi connectivity index (χ0n) is 12.3. The van der Waals surface area contributed by atoms with Crippen LogP contribution in [0.15, 0.2) is 62.8 Å². The normalized spacial score (nSPS) is 12.3. The second-order valence-electron chi connectivity index (χ2n) is 4.75. The molecule has 0 fully saturated rings. The van der Waals surface area contributed by atoms with Crippen LogP contribution < -0.4 is 4.18 Å². The van der Waals surface area contributed by atoms with Crippen LogP contribution in [0.25, 0.3) is 0 Å². The maximum Gasteiger partial charge on any atom is 0.339 e. The van der Waals surface area contributed by atoms with E-state index in [0.29, 0.717) is 4.47 Å². The number of nitrogens with zero attached hydrogens (tertiary/aromatic N) is 1. The second kappa shape index (κ2) is 6.60. The largest absolute Gasteiger partial charge is 0.379 e. The SMILES string of the molecule is CN(C)S(=O)(=O)c1ccc(S(=O)(=O)Oc2cccc(Br)c2)cc1. The zero-order valence-corrected chi connectivity index (χ0v) is 15.5. The summed E-state index contributed by atoms with van der Waals surface area (Å²) in [5, 5.41) is 0. The Morgan fingerprint density at radius 1 is 0.913 bits per heavy atom. The van der Waals surface area contributed by atoms with E-state index in [0.717, 1.165) is 4.31 Å². The summed E-state index contributed by atoms with van der Waals surface area (Å²) in [6, 6.07) is 11.3. The summed E-state index contributed by atoms with van der Waals surface area (Å²) < 4.78 is 55.1. The number of hydrogen-bond acceptors (Lipinski definition) is 5. The van der Waals surface area contributed by atoms with Gasteiger partial charge in [-0.15, -0.1) is 0 Å². The Morgan fingerprint density at radius 3 is 2.00 bits per heavy atom. The van der Waals surface area contributed by atoms with Crippen LogP contribution in [0.3, 0.4) is 0 Å². The van der Waals surface area contributed by atoms with Crippen molar-refractivity contribution in [2.24, 2.45) is 0 Å². The van der Waals surface area contributed by atoms with E-state index in [1.165, 1.54) is 50.5 Å². The minimum Gasteiger partial charge on any atom is -0.379 e. The third-order valence-electron chi connectivity index (χ3n) is 2.89. The van der Waals surface area contributed by atoms with E-state index in [9.17, 15) is 16.8 Å². The maximum absolute atomic E-state index is 12.2. The van der Waals surface area contributed by atoms with Gasteiger partial charge in [0.25, 0.3) is 0 Å². The Bertz CT molecular complexity index is 906. The Hall–Kier alpha value is -1.42. The summed E-state index contributed by atoms with van der Waals surface area (Å²) in [6.07, 6.45) is 0. The van der Waals surface area contributed by atoms with Crippen LogP contribution in [0.1, 0.15) is 0 Å². The Morgan fingerprint density at radius 2 is 1.48 bits per heavy atom. The molecule has 23 heavy (non-hydrogen) atoms. The van der Waals surface area contributed by atoms with Gasteiger partial charge >= 0.3 is 10.1 Å². The highest BCUT2D eigenvalue weighted by Gasteiger charge is 2.21. The standard InChI is InChI=1S/C14H14BrNO5S2/c1-16(2)22(17,18)13-6-8-14(9-7-13)23(19,20)21-12-5-3-4-11(15)10-12/h3-10H,1-2H3. The molecular formula is C14H14BrNO5S2. The molecule has 0 aliphatic rings. The van der Waals surface area contributed by atoms with Gasteiger partial charge in [0.15, 0.2) is 0 Å². The third kappa shape index (κ3) is 4.11. The fraction of sp³-hybridized carbons (Fsp3) is 0.143. The quantitative estimate of drug-likeness (QED) is 0.695. The highest BCUT2D eigenvalue weighted by atomic mass is 79.9. The van der Waals surface area contributed by atoms with Crippen molar-refractivity contribution in [3.05, 3.63) is 53.0 Å². The third-order valence-corrected chi connectivity index (χ3v) is 6.48. The maximum atomic E-state index is 12.2. The number of rotatable bonds is 5. The van der Waals surface area contributed by atoms with Gasteiger partial charge in [-0.25, -0.2) is 12.7 Å². The lowest BCUT2D eigenvalue weighted by atomic mass is 10.3. The van der Waals surface area contributed by atoms with Gasteiger partial charge in [0, 0.05) is 18.6 Å². The first-order valence-corrected chi connectivity index (χ1v) is 10.00. The molecule has 0 radical (unpaired) electrons. The molecule has 0 aliphatic carbocycles. The number of sulfonamides is 1. The minimum absolute atomic E-state index is 0.00362. The number of hydrogen-bond donors (Lipinski definition) is 0. The van der Waals surface area contributed by atoms with Gasteiger partial charge in [-0.3, -0.25) is 0 Å². The predicted octanol–water partition coefficient (Wildman–Crippen LogP) is 2.47. The van der Waals surface area contributed by atoms with Crippen molar-refractivity contribution in [1.82, 2.24) is 4.31 Å². The minimum atomic E-state index is -4.04. The first kappa shape index (κ1) is 17.9. The molecule has 0 saturated heterocycles. The molecular weight excluding hydrogens is 406 g/mol. The van der Waals surface area contributed by atoms with E-state index in [4.69, 9.17) is 4.18 Å². The molecule has 2 aromatic rings. The molecule has 0 spiro atoms. The summed E-state index contributed by atoms with van der Waals surface area (Å²) >= 11 is 3.22. The van der Waals surface area contributed by atoms with E-state index in [1.807, 2.05) is 0 Å². The highest BCUT2D eigenvalue weighted by Crippen LogP contribution is 2.23. The molecule has 0 N–H and O–H groups in total. The molecule has 0 atom stereocenters. The van der Waals surface area contributed by atoms with Gasteiger partial charge < -0.3 is 4.18 Å². The van der Waals surface area contributed by atoms with Crippen LogP contribution in [0.5, 0.6) is 5.75 Å². The van der Waals surface area contributed by atoms with Crippen LogP contribution in [-0.2, 0) is 20.1 Å². The summed E-state index contributed by atoms with van der Waals surface area (Å²) in [6.45, 7) is 0. The number of benzene rings is 2. The first-order chi connectivity index (χ1) is 10.6. The molecule has 0 saturated carbocycles.